The molecule has 0 bridgehead atoms. The molecule has 1 atom stereocenters. The zero-order valence-corrected chi connectivity index (χ0v) is 11.4. The highest BCUT2D eigenvalue weighted by molar-refractivity contribution is 5.83. The lowest BCUT2D eigenvalue weighted by Gasteiger charge is -2.33. The summed E-state index contributed by atoms with van der Waals surface area (Å²) in [6.07, 6.45) is 1.79. The molecule has 1 aromatic carbocycles. The molecule has 3 N–H and O–H groups in total. The summed E-state index contributed by atoms with van der Waals surface area (Å²) in [6.45, 7) is 3.65. The second kappa shape index (κ2) is 6.06. The van der Waals surface area contributed by atoms with Crippen LogP contribution in [-0.4, -0.2) is 35.6 Å². The summed E-state index contributed by atoms with van der Waals surface area (Å²) in [5.41, 5.74) is 7.42. The lowest BCUT2D eigenvalue weighted by atomic mass is 9.94. The third kappa shape index (κ3) is 3.26. The first kappa shape index (κ1) is 13.9. The van der Waals surface area contributed by atoms with E-state index in [4.69, 9.17) is 10.8 Å². The highest BCUT2D eigenvalue weighted by atomic mass is 16.3. The largest absolute Gasteiger partial charge is 0.399 e. The number of anilines is 1. The van der Waals surface area contributed by atoms with Crippen LogP contribution >= 0.6 is 0 Å². The van der Waals surface area contributed by atoms with E-state index >= 15 is 0 Å². The minimum atomic E-state index is -0.158. The molecule has 0 spiro atoms. The number of piperidine rings is 1. The van der Waals surface area contributed by atoms with E-state index < -0.39 is 0 Å². The number of nitrogens with two attached hydrogens (primary N) is 1. The van der Waals surface area contributed by atoms with Crippen LogP contribution < -0.4 is 5.73 Å². The Morgan fingerprint density at radius 3 is 2.74 bits per heavy atom. The first-order chi connectivity index (χ1) is 9.11. The molecule has 4 heteroatoms. The maximum Gasteiger partial charge on any atom is 0.229 e. The Balaban J connectivity index is 2.00. The Bertz CT molecular complexity index is 440. The fourth-order valence-electron chi connectivity index (χ4n) is 2.58. The Morgan fingerprint density at radius 1 is 1.47 bits per heavy atom. The maximum absolute atomic E-state index is 12.4. The maximum atomic E-state index is 12.4. The van der Waals surface area contributed by atoms with Gasteiger partial charge in [-0.05, 0) is 43.4 Å². The fourth-order valence-corrected chi connectivity index (χ4v) is 2.58. The first-order valence-electron chi connectivity index (χ1n) is 6.87. The molecule has 1 aliphatic heterocycles. The van der Waals surface area contributed by atoms with Crippen molar-refractivity contribution in [2.24, 2.45) is 5.92 Å². The standard InChI is InChI=1S/C15H22N2O2/c1-11(13-3-2-4-14(16)9-13)15(19)17-7-5-12(10-18)6-8-17/h2-4,9,11-12,18H,5-8,10,16H2,1H3. The lowest BCUT2D eigenvalue weighted by molar-refractivity contribution is -0.134. The molecule has 0 aromatic heterocycles. The molecule has 1 unspecified atom stereocenters. The quantitative estimate of drug-likeness (QED) is 0.813. The molecule has 1 heterocycles. The van der Waals surface area contributed by atoms with Crippen LogP contribution in [0, 0.1) is 5.92 Å². The number of aliphatic hydroxyl groups is 1. The Hall–Kier alpha value is -1.55. The highest BCUT2D eigenvalue weighted by Crippen LogP contribution is 2.23. The predicted molar refractivity (Wildman–Crippen MR) is 75.7 cm³/mol. The van der Waals surface area contributed by atoms with Crippen LogP contribution in [0.3, 0.4) is 0 Å². The number of amides is 1. The molecule has 1 aliphatic rings. The summed E-state index contributed by atoms with van der Waals surface area (Å²) in [7, 11) is 0. The molecule has 0 radical (unpaired) electrons. The van der Waals surface area contributed by atoms with Crippen LogP contribution in [-0.2, 0) is 4.79 Å². The number of hydrogen-bond acceptors (Lipinski definition) is 3. The zero-order chi connectivity index (χ0) is 13.8. The van der Waals surface area contributed by atoms with Gasteiger partial charge < -0.3 is 15.7 Å². The first-order valence-corrected chi connectivity index (χ1v) is 6.87. The van der Waals surface area contributed by atoms with Gasteiger partial charge in [-0.1, -0.05) is 12.1 Å². The van der Waals surface area contributed by atoms with E-state index in [-0.39, 0.29) is 18.4 Å². The number of carbonyl (C=O) groups excluding carboxylic acids is 1. The summed E-state index contributed by atoms with van der Waals surface area (Å²) >= 11 is 0. The van der Waals surface area contributed by atoms with Gasteiger partial charge >= 0.3 is 0 Å². The molecule has 0 aliphatic carbocycles. The van der Waals surface area contributed by atoms with E-state index in [9.17, 15) is 4.79 Å². The van der Waals surface area contributed by atoms with Gasteiger partial charge in [-0.25, -0.2) is 0 Å². The molecule has 1 fully saturated rings. The van der Waals surface area contributed by atoms with Gasteiger partial charge in [0.25, 0.3) is 0 Å². The highest BCUT2D eigenvalue weighted by Gasteiger charge is 2.26. The fraction of sp³-hybridized carbons (Fsp3) is 0.533. The monoisotopic (exact) mass is 262 g/mol. The van der Waals surface area contributed by atoms with Crippen LogP contribution in [0.1, 0.15) is 31.2 Å². The van der Waals surface area contributed by atoms with Crippen molar-refractivity contribution >= 4 is 11.6 Å². The van der Waals surface area contributed by atoms with E-state index in [1.165, 1.54) is 0 Å². The van der Waals surface area contributed by atoms with Gasteiger partial charge in [-0.3, -0.25) is 4.79 Å². The van der Waals surface area contributed by atoms with Crippen molar-refractivity contribution in [2.45, 2.75) is 25.7 Å². The van der Waals surface area contributed by atoms with Gasteiger partial charge in [-0.2, -0.15) is 0 Å². The molecule has 19 heavy (non-hydrogen) atoms. The van der Waals surface area contributed by atoms with Crippen molar-refractivity contribution in [1.82, 2.24) is 4.90 Å². The van der Waals surface area contributed by atoms with Crippen molar-refractivity contribution in [1.29, 1.82) is 0 Å². The number of benzene rings is 1. The van der Waals surface area contributed by atoms with E-state index in [2.05, 4.69) is 0 Å². The average Bonchev–Trinajstić information content (AvgIpc) is 2.46. The normalized spacial score (nSPS) is 18.3. The van der Waals surface area contributed by atoms with Crippen LogP contribution in [0.15, 0.2) is 24.3 Å². The third-order valence-corrected chi connectivity index (χ3v) is 3.97. The molecule has 1 amide bonds. The smallest absolute Gasteiger partial charge is 0.229 e. The van der Waals surface area contributed by atoms with Crippen LogP contribution in [0.25, 0.3) is 0 Å². The topological polar surface area (TPSA) is 66.6 Å². The Kier molecular flexibility index (Phi) is 4.43. The van der Waals surface area contributed by atoms with Crippen molar-refractivity contribution in [3.05, 3.63) is 29.8 Å². The molecular formula is C15H22N2O2. The molecule has 1 saturated heterocycles. The van der Waals surface area contributed by atoms with Crippen molar-refractivity contribution in [3.63, 3.8) is 0 Å². The minimum absolute atomic E-state index is 0.155. The number of aliphatic hydroxyl groups excluding tert-OH is 1. The van der Waals surface area contributed by atoms with E-state index in [0.29, 0.717) is 11.6 Å². The van der Waals surface area contributed by atoms with Gasteiger partial charge in [0.1, 0.15) is 0 Å². The second-order valence-corrected chi connectivity index (χ2v) is 5.34. The predicted octanol–water partition coefficient (Wildman–Crippen LogP) is 1.60. The minimum Gasteiger partial charge on any atom is -0.399 e. The molecule has 2 rings (SSSR count). The van der Waals surface area contributed by atoms with Crippen LogP contribution in [0.4, 0.5) is 5.69 Å². The number of rotatable bonds is 3. The number of nitrogen functional groups attached to an aromatic ring is 1. The SMILES string of the molecule is CC(C(=O)N1CCC(CO)CC1)c1cccc(N)c1. The third-order valence-electron chi connectivity index (χ3n) is 3.97. The summed E-state index contributed by atoms with van der Waals surface area (Å²) in [5.74, 6) is 0.350. The van der Waals surface area contributed by atoms with Crippen LogP contribution in [0.5, 0.6) is 0 Å². The van der Waals surface area contributed by atoms with Gasteiger partial charge in [0.2, 0.25) is 5.91 Å². The van der Waals surface area contributed by atoms with E-state index in [0.717, 1.165) is 31.5 Å². The van der Waals surface area contributed by atoms with Crippen molar-refractivity contribution < 1.29 is 9.90 Å². The number of carbonyl (C=O) groups is 1. The zero-order valence-electron chi connectivity index (χ0n) is 11.4. The van der Waals surface area contributed by atoms with Crippen molar-refractivity contribution in [3.8, 4) is 0 Å². The number of likely N-dealkylation sites (tertiary alicyclic amines) is 1. The molecular weight excluding hydrogens is 240 g/mol. The number of hydrogen-bond donors (Lipinski definition) is 2. The Labute approximate surface area is 114 Å². The molecule has 0 saturated carbocycles. The van der Waals surface area contributed by atoms with E-state index in [1.54, 1.807) is 0 Å². The number of nitrogens with zero attached hydrogens (tertiary/aromatic N) is 1. The molecule has 1 aromatic rings. The van der Waals surface area contributed by atoms with Gasteiger partial charge in [0.05, 0.1) is 5.92 Å². The summed E-state index contributed by atoms with van der Waals surface area (Å²) in [4.78, 5) is 14.3. The van der Waals surface area contributed by atoms with Crippen molar-refractivity contribution in [2.75, 3.05) is 25.4 Å². The van der Waals surface area contributed by atoms with Gasteiger partial charge in [0, 0.05) is 25.4 Å². The second-order valence-electron chi connectivity index (χ2n) is 5.34. The summed E-state index contributed by atoms with van der Waals surface area (Å²) in [5, 5.41) is 9.12. The van der Waals surface area contributed by atoms with Gasteiger partial charge in [-0.15, -0.1) is 0 Å². The molecule has 104 valence electrons. The summed E-state index contributed by atoms with van der Waals surface area (Å²) in [6, 6.07) is 7.52. The van der Waals surface area contributed by atoms with E-state index in [1.807, 2.05) is 36.1 Å². The molecule has 4 nitrogen and oxygen atoms in total. The average molecular weight is 262 g/mol. The Morgan fingerprint density at radius 2 is 2.16 bits per heavy atom. The summed E-state index contributed by atoms with van der Waals surface area (Å²) < 4.78 is 0. The van der Waals surface area contributed by atoms with Crippen LogP contribution in [0.2, 0.25) is 0 Å². The lowest BCUT2D eigenvalue weighted by Crippen LogP contribution is -2.41. The van der Waals surface area contributed by atoms with Gasteiger partial charge in [0.15, 0.2) is 0 Å².